The number of hydrogen-bond acceptors (Lipinski definition) is 2. The van der Waals surface area contributed by atoms with Gasteiger partial charge in [0.15, 0.2) is 11.6 Å². The minimum Gasteiger partial charge on any atom is -0.457 e. The highest BCUT2D eigenvalue weighted by Gasteiger charge is 2.25. The van der Waals surface area contributed by atoms with Gasteiger partial charge in [-0.15, -0.1) is 0 Å². The van der Waals surface area contributed by atoms with Gasteiger partial charge in [-0.25, -0.2) is 13.6 Å². The van der Waals surface area contributed by atoms with Crippen molar-refractivity contribution in [3.05, 3.63) is 34.9 Å². The van der Waals surface area contributed by atoms with Crippen molar-refractivity contribution in [1.82, 2.24) is 0 Å². The van der Waals surface area contributed by atoms with E-state index in [4.69, 9.17) is 0 Å². The summed E-state index contributed by atoms with van der Waals surface area (Å²) in [5.41, 5.74) is 0.133. The van der Waals surface area contributed by atoms with Crippen LogP contribution in [0.3, 0.4) is 0 Å². The quantitative estimate of drug-likeness (QED) is 0.553. The maximum atomic E-state index is 12.9. The van der Waals surface area contributed by atoms with E-state index in [0.29, 0.717) is 0 Å². The van der Waals surface area contributed by atoms with Crippen molar-refractivity contribution in [3.8, 4) is 0 Å². The third-order valence-electron chi connectivity index (χ3n) is 1.76. The summed E-state index contributed by atoms with van der Waals surface area (Å²) in [5, 5.41) is 0. The summed E-state index contributed by atoms with van der Waals surface area (Å²) in [6, 6.07) is 2.14. The molecule has 1 aromatic rings. The van der Waals surface area contributed by atoms with Crippen LogP contribution in [-0.2, 0) is 11.3 Å². The number of benzene rings is 1. The number of ether oxygens (including phenoxy) is 1. The van der Waals surface area contributed by atoms with E-state index < -0.39 is 17.6 Å². The van der Waals surface area contributed by atoms with Crippen LogP contribution in [0.25, 0.3) is 0 Å². The van der Waals surface area contributed by atoms with Crippen molar-refractivity contribution in [1.29, 1.82) is 0 Å². The normalized spacial score (nSPS) is 14.3. The number of esters is 1. The van der Waals surface area contributed by atoms with Gasteiger partial charge in [-0.05, 0) is 12.1 Å². The number of rotatable bonds is 0. The Morgan fingerprint density at radius 1 is 1.33 bits per heavy atom. The first-order valence-corrected chi connectivity index (χ1v) is 3.34. The molecule has 12 heavy (non-hydrogen) atoms. The highest BCUT2D eigenvalue weighted by molar-refractivity contribution is 5.93. The molecule has 0 N–H and O–H groups in total. The van der Waals surface area contributed by atoms with Crippen LogP contribution >= 0.6 is 0 Å². The molecule has 0 saturated heterocycles. The molecule has 0 spiro atoms. The van der Waals surface area contributed by atoms with Crippen molar-refractivity contribution >= 4 is 5.97 Å². The van der Waals surface area contributed by atoms with E-state index in [-0.39, 0.29) is 17.7 Å². The second-order valence-corrected chi connectivity index (χ2v) is 2.46. The average molecular weight is 170 g/mol. The van der Waals surface area contributed by atoms with Crippen molar-refractivity contribution < 1.29 is 18.3 Å². The van der Waals surface area contributed by atoms with Gasteiger partial charge in [0.05, 0.1) is 5.56 Å². The fourth-order valence-corrected chi connectivity index (χ4v) is 1.14. The molecule has 2 rings (SSSR count). The number of carbonyl (C=O) groups is 1. The third-order valence-corrected chi connectivity index (χ3v) is 1.76. The lowest BCUT2D eigenvalue weighted by molar-refractivity contribution is 0.0533. The second kappa shape index (κ2) is 2.27. The summed E-state index contributed by atoms with van der Waals surface area (Å²) in [6.07, 6.45) is 0. The van der Waals surface area contributed by atoms with Gasteiger partial charge in [0.25, 0.3) is 0 Å². The molecular weight excluding hydrogens is 166 g/mol. The van der Waals surface area contributed by atoms with Gasteiger partial charge in [-0.1, -0.05) is 0 Å². The lowest BCUT2D eigenvalue weighted by Gasteiger charge is -1.96. The van der Waals surface area contributed by atoms with Gasteiger partial charge < -0.3 is 4.74 Å². The van der Waals surface area contributed by atoms with Gasteiger partial charge >= 0.3 is 5.97 Å². The minimum atomic E-state index is -0.988. The summed E-state index contributed by atoms with van der Waals surface area (Å²) in [5.74, 6) is -2.53. The topological polar surface area (TPSA) is 26.3 Å². The molecule has 0 unspecified atom stereocenters. The van der Waals surface area contributed by atoms with Crippen LogP contribution in [0.5, 0.6) is 0 Å². The smallest absolute Gasteiger partial charge is 0.338 e. The fourth-order valence-electron chi connectivity index (χ4n) is 1.14. The Kier molecular flexibility index (Phi) is 1.36. The molecule has 0 saturated carbocycles. The molecule has 0 amide bonds. The van der Waals surface area contributed by atoms with Crippen molar-refractivity contribution in [2.75, 3.05) is 0 Å². The molecule has 0 bridgehead atoms. The largest absolute Gasteiger partial charge is 0.457 e. The highest BCUT2D eigenvalue weighted by Crippen LogP contribution is 2.23. The average Bonchev–Trinajstić information content (AvgIpc) is 2.41. The molecule has 0 fully saturated rings. The Morgan fingerprint density at radius 3 is 2.83 bits per heavy atom. The van der Waals surface area contributed by atoms with Gasteiger partial charge in [-0.2, -0.15) is 0 Å². The number of cyclic esters (lactones) is 1. The van der Waals surface area contributed by atoms with Gasteiger partial charge in [0.2, 0.25) is 0 Å². The molecule has 1 aliphatic heterocycles. The van der Waals surface area contributed by atoms with Gasteiger partial charge in [-0.3, -0.25) is 0 Å². The SMILES string of the molecule is O=C1OCc2c1ccc(F)c2F. The maximum absolute atomic E-state index is 12.9. The molecule has 4 heteroatoms. The maximum Gasteiger partial charge on any atom is 0.338 e. The first-order valence-electron chi connectivity index (χ1n) is 3.34. The van der Waals surface area contributed by atoms with Crippen LogP contribution in [0.15, 0.2) is 12.1 Å². The van der Waals surface area contributed by atoms with E-state index in [2.05, 4.69) is 4.74 Å². The Balaban J connectivity index is 2.68. The third kappa shape index (κ3) is 0.809. The van der Waals surface area contributed by atoms with Crippen LogP contribution in [0.4, 0.5) is 8.78 Å². The Labute approximate surface area is 66.8 Å². The molecule has 0 aromatic heterocycles. The lowest BCUT2D eigenvalue weighted by Crippen LogP contribution is -1.95. The molecule has 1 aromatic carbocycles. The first-order chi connectivity index (χ1) is 5.70. The molecular formula is C8H4F2O2. The number of halogens is 2. The molecule has 62 valence electrons. The fraction of sp³-hybridized carbons (Fsp3) is 0.125. The number of fused-ring (bicyclic) bond motifs is 1. The predicted octanol–water partition coefficient (Wildman–Crippen LogP) is 1.64. The summed E-state index contributed by atoms with van der Waals surface area (Å²) < 4.78 is 29.9. The van der Waals surface area contributed by atoms with E-state index in [9.17, 15) is 13.6 Å². The van der Waals surface area contributed by atoms with E-state index in [1.807, 2.05) is 0 Å². The molecule has 0 radical (unpaired) electrons. The van der Waals surface area contributed by atoms with E-state index in [1.165, 1.54) is 6.07 Å². The van der Waals surface area contributed by atoms with Crippen molar-refractivity contribution in [3.63, 3.8) is 0 Å². The summed E-state index contributed by atoms with van der Waals surface area (Å²) >= 11 is 0. The zero-order valence-corrected chi connectivity index (χ0v) is 5.93. The lowest BCUT2D eigenvalue weighted by atomic mass is 10.1. The molecule has 2 nitrogen and oxygen atoms in total. The molecule has 1 heterocycles. The summed E-state index contributed by atoms with van der Waals surface area (Å²) in [4.78, 5) is 10.8. The highest BCUT2D eigenvalue weighted by atomic mass is 19.2. The van der Waals surface area contributed by atoms with Crippen LogP contribution < -0.4 is 0 Å². The van der Waals surface area contributed by atoms with E-state index in [0.717, 1.165) is 6.07 Å². The summed E-state index contributed by atoms with van der Waals surface area (Å²) in [6.45, 7) is -0.169. The Morgan fingerprint density at radius 2 is 2.08 bits per heavy atom. The van der Waals surface area contributed by atoms with Crippen LogP contribution in [0.1, 0.15) is 15.9 Å². The predicted molar refractivity (Wildman–Crippen MR) is 35.5 cm³/mol. The summed E-state index contributed by atoms with van der Waals surface area (Å²) in [7, 11) is 0. The van der Waals surface area contributed by atoms with Crippen LogP contribution in [-0.4, -0.2) is 5.97 Å². The van der Waals surface area contributed by atoms with Crippen LogP contribution in [0, 0.1) is 11.6 Å². The second-order valence-electron chi connectivity index (χ2n) is 2.46. The first kappa shape index (κ1) is 7.21. The monoisotopic (exact) mass is 170 g/mol. The Hall–Kier alpha value is -1.45. The van der Waals surface area contributed by atoms with E-state index in [1.54, 1.807) is 0 Å². The van der Waals surface area contributed by atoms with Crippen LogP contribution in [0.2, 0.25) is 0 Å². The van der Waals surface area contributed by atoms with Gasteiger partial charge in [0.1, 0.15) is 6.61 Å². The number of carbonyl (C=O) groups excluding carboxylic acids is 1. The number of hydrogen-bond donors (Lipinski definition) is 0. The zero-order valence-electron chi connectivity index (χ0n) is 5.93. The zero-order chi connectivity index (χ0) is 8.72. The van der Waals surface area contributed by atoms with Gasteiger partial charge in [0, 0.05) is 5.56 Å². The molecule has 0 aliphatic carbocycles. The molecule has 0 atom stereocenters. The molecule has 1 aliphatic rings. The standard InChI is InChI=1S/C8H4F2O2/c9-6-2-1-4-5(7(6)10)3-12-8(4)11/h1-2H,3H2. The van der Waals surface area contributed by atoms with Crippen molar-refractivity contribution in [2.45, 2.75) is 6.61 Å². The minimum absolute atomic E-state index is 0.0139. The van der Waals surface area contributed by atoms with Crippen molar-refractivity contribution in [2.24, 2.45) is 0 Å². The van der Waals surface area contributed by atoms with E-state index >= 15 is 0 Å². The Bertz CT molecular complexity index is 360.